The smallest absolute Gasteiger partial charge is 0.399 e. The number of hydrogen-bond donors (Lipinski definition) is 0. The Morgan fingerprint density at radius 3 is 2.08 bits per heavy atom. The summed E-state index contributed by atoms with van der Waals surface area (Å²) in [4.78, 5) is 0. The molecule has 2 aromatic rings. The molecule has 1 aliphatic heterocycles. The van der Waals surface area contributed by atoms with Gasteiger partial charge in [0.05, 0.1) is 11.2 Å². The number of benzene rings is 1. The Balaban J connectivity index is 1.91. The van der Waals surface area contributed by atoms with Gasteiger partial charge in [0.15, 0.2) is 0 Å². The summed E-state index contributed by atoms with van der Waals surface area (Å²) in [6.07, 6.45) is 4.42. The number of hydrogen-bond acceptors (Lipinski definition) is 2. The molecule has 1 saturated heterocycles. The van der Waals surface area contributed by atoms with Gasteiger partial charge in [-0.3, -0.25) is 0 Å². The summed E-state index contributed by atoms with van der Waals surface area (Å²) in [7, 11) is -0.301. The first-order valence-corrected chi connectivity index (χ1v) is 8.79. The summed E-state index contributed by atoms with van der Waals surface area (Å²) in [6, 6.07) is 10.5. The summed E-state index contributed by atoms with van der Waals surface area (Å²) in [6.45, 7) is 13.7. The maximum atomic E-state index is 6.27. The van der Waals surface area contributed by atoms with Crippen LogP contribution in [0.5, 0.6) is 0 Å². The van der Waals surface area contributed by atoms with E-state index >= 15 is 0 Å². The van der Waals surface area contributed by atoms with Crippen molar-refractivity contribution in [2.75, 3.05) is 0 Å². The second-order valence-corrected chi connectivity index (χ2v) is 8.07. The zero-order valence-corrected chi connectivity index (χ0v) is 15.7. The van der Waals surface area contributed by atoms with Gasteiger partial charge < -0.3 is 13.9 Å². The minimum absolute atomic E-state index is 0.301. The SMILES string of the molecule is CC(C)c1cn(Cc2ccccc2)cc1B1OC(C)(C)C(C)(C)O1. The van der Waals surface area contributed by atoms with Gasteiger partial charge in [-0.1, -0.05) is 44.2 Å². The van der Waals surface area contributed by atoms with Crippen LogP contribution in [0.25, 0.3) is 0 Å². The second-order valence-electron chi connectivity index (χ2n) is 8.07. The molecule has 2 heterocycles. The van der Waals surface area contributed by atoms with E-state index in [1.54, 1.807) is 0 Å². The van der Waals surface area contributed by atoms with Gasteiger partial charge in [-0.2, -0.15) is 0 Å². The van der Waals surface area contributed by atoms with Gasteiger partial charge in [-0.05, 0) is 44.7 Å². The van der Waals surface area contributed by atoms with Crippen molar-refractivity contribution in [1.82, 2.24) is 4.57 Å². The molecule has 0 spiro atoms. The molecule has 1 aromatic heterocycles. The average molecular weight is 325 g/mol. The summed E-state index contributed by atoms with van der Waals surface area (Å²) in [5.74, 6) is 0.427. The molecule has 0 atom stereocenters. The average Bonchev–Trinajstić information content (AvgIpc) is 2.99. The molecule has 3 rings (SSSR count). The van der Waals surface area contributed by atoms with Gasteiger partial charge in [0.25, 0.3) is 0 Å². The lowest BCUT2D eigenvalue weighted by atomic mass is 9.76. The van der Waals surface area contributed by atoms with E-state index in [2.05, 4.69) is 88.8 Å². The summed E-state index contributed by atoms with van der Waals surface area (Å²) < 4.78 is 14.8. The van der Waals surface area contributed by atoms with E-state index in [0.29, 0.717) is 5.92 Å². The topological polar surface area (TPSA) is 23.4 Å². The Hall–Kier alpha value is -1.52. The normalized spacial score (nSPS) is 19.2. The van der Waals surface area contributed by atoms with Crippen molar-refractivity contribution in [2.45, 2.75) is 65.2 Å². The molecule has 0 bridgehead atoms. The first kappa shape index (κ1) is 17.3. The van der Waals surface area contributed by atoms with Crippen LogP contribution in [0, 0.1) is 0 Å². The lowest BCUT2D eigenvalue weighted by Gasteiger charge is -2.32. The highest BCUT2D eigenvalue weighted by molar-refractivity contribution is 6.62. The van der Waals surface area contributed by atoms with Crippen LogP contribution in [0.4, 0.5) is 0 Å². The van der Waals surface area contributed by atoms with E-state index in [1.165, 1.54) is 11.1 Å². The fraction of sp³-hybridized carbons (Fsp3) is 0.500. The Kier molecular flexibility index (Phi) is 4.39. The van der Waals surface area contributed by atoms with E-state index in [1.807, 2.05) is 0 Å². The zero-order chi connectivity index (χ0) is 17.5. The van der Waals surface area contributed by atoms with Crippen LogP contribution in [0.2, 0.25) is 0 Å². The third-order valence-corrected chi connectivity index (χ3v) is 5.28. The predicted molar refractivity (Wildman–Crippen MR) is 99.8 cm³/mol. The molecule has 4 heteroatoms. The predicted octanol–water partition coefficient (Wildman–Crippen LogP) is 3.96. The molecular weight excluding hydrogens is 297 g/mol. The first-order valence-electron chi connectivity index (χ1n) is 8.79. The zero-order valence-electron chi connectivity index (χ0n) is 15.7. The molecule has 128 valence electrons. The van der Waals surface area contributed by atoms with E-state index in [0.717, 1.165) is 12.0 Å². The standard InChI is InChI=1S/C20H28BNO2/c1-15(2)17-13-22(12-16-10-8-7-9-11-16)14-18(17)21-23-19(3,4)20(5,6)24-21/h7-11,13-15H,12H2,1-6H3. The number of rotatable bonds is 4. The molecule has 0 N–H and O–H groups in total. The molecule has 3 nitrogen and oxygen atoms in total. The van der Waals surface area contributed by atoms with Crippen LogP contribution < -0.4 is 5.46 Å². The fourth-order valence-electron chi connectivity index (χ4n) is 3.08. The molecule has 1 fully saturated rings. The summed E-state index contributed by atoms with van der Waals surface area (Å²) >= 11 is 0. The van der Waals surface area contributed by atoms with E-state index in [-0.39, 0.29) is 18.3 Å². The Bertz CT molecular complexity index is 688. The summed E-state index contributed by atoms with van der Waals surface area (Å²) in [5, 5.41) is 0. The van der Waals surface area contributed by atoms with Crippen LogP contribution in [-0.2, 0) is 15.9 Å². The van der Waals surface area contributed by atoms with Gasteiger partial charge >= 0.3 is 7.12 Å². The highest BCUT2D eigenvalue weighted by Crippen LogP contribution is 2.37. The Morgan fingerprint density at radius 2 is 1.54 bits per heavy atom. The van der Waals surface area contributed by atoms with E-state index in [4.69, 9.17) is 9.31 Å². The lowest BCUT2D eigenvalue weighted by Crippen LogP contribution is -2.41. The minimum atomic E-state index is -0.312. The van der Waals surface area contributed by atoms with Crippen molar-refractivity contribution in [3.8, 4) is 0 Å². The first-order chi connectivity index (χ1) is 11.2. The molecule has 24 heavy (non-hydrogen) atoms. The molecule has 0 radical (unpaired) electrons. The van der Waals surface area contributed by atoms with E-state index in [9.17, 15) is 0 Å². The van der Waals surface area contributed by atoms with Gasteiger partial charge in [0.1, 0.15) is 0 Å². The fourth-order valence-corrected chi connectivity index (χ4v) is 3.08. The van der Waals surface area contributed by atoms with Crippen LogP contribution in [0.15, 0.2) is 42.7 Å². The largest absolute Gasteiger partial charge is 0.496 e. The number of nitrogens with zero attached hydrogens (tertiary/aromatic N) is 1. The van der Waals surface area contributed by atoms with Crippen molar-refractivity contribution >= 4 is 12.6 Å². The lowest BCUT2D eigenvalue weighted by molar-refractivity contribution is 0.00578. The maximum Gasteiger partial charge on any atom is 0.496 e. The van der Waals surface area contributed by atoms with Gasteiger partial charge in [-0.15, -0.1) is 0 Å². The highest BCUT2D eigenvalue weighted by atomic mass is 16.7. The molecule has 0 unspecified atom stereocenters. The molecular formula is C20H28BNO2. The molecule has 0 aliphatic carbocycles. The molecule has 1 aromatic carbocycles. The monoisotopic (exact) mass is 325 g/mol. The molecule has 0 amide bonds. The van der Waals surface area contributed by atoms with Gasteiger partial charge in [0, 0.05) is 24.4 Å². The molecule has 0 saturated carbocycles. The quantitative estimate of drug-likeness (QED) is 0.795. The van der Waals surface area contributed by atoms with Crippen molar-refractivity contribution < 1.29 is 9.31 Å². The van der Waals surface area contributed by atoms with Crippen LogP contribution >= 0.6 is 0 Å². The van der Waals surface area contributed by atoms with Crippen molar-refractivity contribution in [3.63, 3.8) is 0 Å². The van der Waals surface area contributed by atoms with Crippen LogP contribution in [0.3, 0.4) is 0 Å². The number of aromatic nitrogens is 1. The van der Waals surface area contributed by atoms with Crippen LogP contribution in [-0.4, -0.2) is 22.9 Å². The van der Waals surface area contributed by atoms with Gasteiger partial charge in [0.2, 0.25) is 0 Å². The maximum absolute atomic E-state index is 6.27. The second kappa shape index (κ2) is 6.09. The van der Waals surface area contributed by atoms with Crippen molar-refractivity contribution in [2.24, 2.45) is 0 Å². The Morgan fingerprint density at radius 1 is 0.958 bits per heavy atom. The third kappa shape index (κ3) is 3.18. The highest BCUT2D eigenvalue weighted by Gasteiger charge is 2.52. The Labute approximate surface area is 146 Å². The van der Waals surface area contributed by atoms with Crippen LogP contribution in [0.1, 0.15) is 58.6 Å². The van der Waals surface area contributed by atoms with Crippen molar-refractivity contribution in [1.29, 1.82) is 0 Å². The molecule has 1 aliphatic rings. The third-order valence-electron chi connectivity index (χ3n) is 5.28. The summed E-state index contributed by atoms with van der Waals surface area (Å²) in [5.41, 5.74) is 3.12. The van der Waals surface area contributed by atoms with Gasteiger partial charge in [-0.25, -0.2) is 0 Å². The van der Waals surface area contributed by atoms with Crippen molar-refractivity contribution in [3.05, 3.63) is 53.9 Å². The van der Waals surface area contributed by atoms with E-state index < -0.39 is 0 Å². The minimum Gasteiger partial charge on any atom is -0.399 e.